The van der Waals surface area contributed by atoms with Crippen molar-refractivity contribution in [3.63, 3.8) is 0 Å². The van der Waals surface area contributed by atoms with E-state index in [0.29, 0.717) is 11.5 Å². The van der Waals surface area contributed by atoms with Crippen molar-refractivity contribution in [3.05, 3.63) is 41.9 Å². The van der Waals surface area contributed by atoms with Crippen molar-refractivity contribution < 1.29 is 0 Å². The van der Waals surface area contributed by atoms with Crippen LogP contribution in [0.25, 0.3) is 0 Å². The van der Waals surface area contributed by atoms with E-state index in [9.17, 15) is 0 Å². The molecule has 3 heterocycles. The molecule has 0 aliphatic carbocycles. The number of rotatable bonds is 2. The van der Waals surface area contributed by atoms with Gasteiger partial charge in [0.2, 0.25) is 0 Å². The molecule has 1 aliphatic rings. The predicted octanol–water partition coefficient (Wildman–Crippen LogP) is 2.07. The standard InChI is InChI=1S/C15H17N5/c1-19-11-14(10-18-19)12-4-7-20(8-5-12)15-13(9-16)3-2-6-17-15/h2-3,6,10-12H,4-5,7-8H2,1H3. The number of hydrogen-bond acceptors (Lipinski definition) is 4. The second-order valence-electron chi connectivity index (χ2n) is 5.20. The first-order chi connectivity index (χ1) is 9.78. The van der Waals surface area contributed by atoms with Gasteiger partial charge >= 0.3 is 0 Å². The van der Waals surface area contributed by atoms with Crippen molar-refractivity contribution in [1.29, 1.82) is 5.26 Å². The van der Waals surface area contributed by atoms with Gasteiger partial charge in [0.1, 0.15) is 11.9 Å². The summed E-state index contributed by atoms with van der Waals surface area (Å²) in [5.74, 6) is 1.38. The molecule has 20 heavy (non-hydrogen) atoms. The Kier molecular flexibility index (Phi) is 3.38. The van der Waals surface area contributed by atoms with Gasteiger partial charge in [-0.2, -0.15) is 10.4 Å². The van der Waals surface area contributed by atoms with Gasteiger partial charge in [0.25, 0.3) is 0 Å². The summed E-state index contributed by atoms with van der Waals surface area (Å²) in [5, 5.41) is 13.4. The van der Waals surface area contributed by atoms with Crippen molar-refractivity contribution in [3.8, 4) is 6.07 Å². The molecule has 2 aromatic heterocycles. The summed E-state index contributed by atoms with van der Waals surface area (Å²) in [6.45, 7) is 1.87. The number of anilines is 1. The summed E-state index contributed by atoms with van der Waals surface area (Å²) in [6, 6.07) is 5.86. The van der Waals surface area contributed by atoms with Crippen LogP contribution < -0.4 is 4.90 Å². The van der Waals surface area contributed by atoms with Gasteiger partial charge in [-0.25, -0.2) is 4.98 Å². The summed E-state index contributed by atoms with van der Waals surface area (Å²) in [5.41, 5.74) is 1.97. The van der Waals surface area contributed by atoms with Gasteiger partial charge < -0.3 is 4.90 Å². The van der Waals surface area contributed by atoms with Crippen LogP contribution in [0.4, 0.5) is 5.82 Å². The maximum Gasteiger partial charge on any atom is 0.146 e. The van der Waals surface area contributed by atoms with Gasteiger partial charge in [-0.05, 0) is 36.5 Å². The molecular weight excluding hydrogens is 250 g/mol. The highest BCUT2D eigenvalue weighted by atomic mass is 15.2. The molecule has 0 radical (unpaired) electrons. The Bertz CT molecular complexity index is 632. The molecule has 5 nitrogen and oxygen atoms in total. The first kappa shape index (κ1) is 12.7. The summed E-state index contributed by atoms with van der Waals surface area (Å²) in [6.07, 6.45) is 7.97. The Morgan fingerprint density at radius 1 is 1.35 bits per heavy atom. The van der Waals surface area contributed by atoms with E-state index in [1.54, 1.807) is 6.20 Å². The minimum atomic E-state index is 0.564. The molecule has 1 fully saturated rings. The molecule has 1 aliphatic heterocycles. The quantitative estimate of drug-likeness (QED) is 0.835. The topological polar surface area (TPSA) is 57.7 Å². The third-order valence-corrected chi connectivity index (χ3v) is 3.90. The third kappa shape index (κ3) is 2.37. The minimum absolute atomic E-state index is 0.564. The third-order valence-electron chi connectivity index (χ3n) is 3.90. The van der Waals surface area contributed by atoms with Crippen LogP contribution in [0.1, 0.15) is 29.9 Å². The number of aryl methyl sites for hydroxylation is 1. The van der Waals surface area contributed by atoms with Crippen molar-refractivity contribution in [1.82, 2.24) is 14.8 Å². The molecule has 0 bridgehead atoms. The van der Waals surface area contributed by atoms with Crippen molar-refractivity contribution in [2.75, 3.05) is 18.0 Å². The normalized spacial score (nSPS) is 16.1. The number of aromatic nitrogens is 3. The molecule has 0 aromatic carbocycles. The van der Waals surface area contributed by atoms with Crippen LogP contribution >= 0.6 is 0 Å². The fourth-order valence-corrected chi connectivity index (χ4v) is 2.81. The van der Waals surface area contributed by atoms with Crippen molar-refractivity contribution >= 4 is 5.82 Å². The van der Waals surface area contributed by atoms with E-state index in [1.165, 1.54) is 5.56 Å². The van der Waals surface area contributed by atoms with Gasteiger partial charge in [0.05, 0.1) is 11.8 Å². The Labute approximate surface area is 118 Å². The molecule has 102 valence electrons. The summed E-state index contributed by atoms with van der Waals surface area (Å²) < 4.78 is 1.86. The fraction of sp³-hybridized carbons (Fsp3) is 0.400. The highest BCUT2D eigenvalue weighted by molar-refractivity contribution is 5.53. The van der Waals surface area contributed by atoms with E-state index < -0.39 is 0 Å². The molecule has 0 saturated carbocycles. The van der Waals surface area contributed by atoms with Crippen LogP contribution in [-0.2, 0) is 7.05 Å². The monoisotopic (exact) mass is 267 g/mol. The average Bonchev–Trinajstić information content (AvgIpc) is 2.94. The molecule has 0 spiro atoms. The molecule has 2 aromatic rings. The molecular formula is C15H17N5. The SMILES string of the molecule is Cn1cc(C2CCN(c3ncccc3C#N)CC2)cn1. The van der Waals surface area contributed by atoms with Gasteiger partial charge in [0.15, 0.2) is 0 Å². The Morgan fingerprint density at radius 3 is 2.80 bits per heavy atom. The van der Waals surface area contributed by atoms with Crippen LogP contribution in [-0.4, -0.2) is 27.9 Å². The predicted molar refractivity (Wildman–Crippen MR) is 76.3 cm³/mol. The van der Waals surface area contributed by atoms with E-state index in [1.807, 2.05) is 30.1 Å². The maximum atomic E-state index is 9.15. The van der Waals surface area contributed by atoms with Gasteiger partial charge in [-0.1, -0.05) is 0 Å². The molecule has 0 unspecified atom stereocenters. The molecule has 1 saturated heterocycles. The smallest absolute Gasteiger partial charge is 0.146 e. The van der Waals surface area contributed by atoms with E-state index in [4.69, 9.17) is 5.26 Å². The van der Waals surface area contributed by atoms with Crippen LogP contribution in [0.5, 0.6) is 0 Å². The van der Waals surface area contributed by atoms with Crippen LogP contribution in [0.15, 0.2) is 30.7 Å². The number of nitriles is 1. The maximum absolute atomic E-state index is 9.15. The Balaban J connectivity index is 1.71. The molecule has 0 atom stereocenters. The number of pyridine rings is 1. The van der Waals surface area contributed by atoms with E-state index in [-0.39, 0.29) is 0 Å². The second-order valence-corrected chi connectivity index (χ2v) is 5.20. The first-order valence-corrected chi connectivity index (χ1v) is 6.86. The molecule has 0 amide bonds. The lowest BCUT2D eigenvalue weighted by Crippen LogP contribution is -2.33. The second kappa shape index (κ2) is 5.33. The first-order valence-electron chi connectivity index (χ1n) is 6.86. The highest BCUT2D eigenvalue weighted by Crippen LogP contribution is 2.30. The number of nitrogens with zero attached hydrogens (tertiary/aromatic N) is 5. The zero-order valence-corrected chi connectivity index (χ0v) is 11.5. The largest absolute Gasteiger partial charge is 0.355 e. The Hall–Kier alpha value is -2.35. The zero-order valence-electron chi connectivity index (χ0n) is 11.5. The van der Waals surface area contributed by atoms with Crippen LogP contribution in [0, 0.1) is 11.3 Å². The number of piperidine rings is 1. The molecule has 0 N–H and O–H groups in total. The highest BCUT2D eigenvalue weighted by Gasteiger charge is 2.23. The van der Waals surface area contributed by atoms with E-state index in [2.05, 4.69) is 27.2 Å². The number of hydrogen-bond donors (Lipinski definition) is 0. The molecule has 5 heteroatoms. The Morgan fingerprint density at radius 2 is 2.15 bits per heavy atom. The fourth-order valence-electron chi connectivity index (χ4n) is 2.81. The lowest BCUT2D eigenvalue weighted by Gasteiger charge is -2.32. The average molecular weight is 267 g/mol. The van der Waals surface area contributed by atoms with Gasteiger partial charge in [-0.3, -0.25) is 4.68 Å². The summed E-state index contributed by atoms with van der Waals surface area (Å²) in [7, 11) is 1.95. The lowest BCUT2D eigenvalue weighted by molar-refractivity contribution is 0.502. The summed E-state index contributed by atoms with van der Waals surface area (Å²) in [4.78, 5) is 6.58. The minimum Gasteiger partial charge on any atom is -0.355 e. The van der Waals surface area contributed by atoms with E-state index >= 15 is 0 Å². The zero-order chi connectivity index (χ0) is 13.9. The molecule has 3 rings (SSSR count). The van der Waals surface area contributed by atoms with Crippen LogP contribution in [0.3, 0.4) is 0 Å². The van der Waals surface area contributed by atoms with Crippen LogP contribution in [0.2, 0.25) is 0 Å². The van der Waals surface area contributed by atoms with Gasteiger partial charge in [-0.15, -0.1) is 0 Å². The van der Waals surface area contributed by atoms with Crippen molar-refractivity contribution in [2.24, 2.45) is 7.05 Å². The van der Waals surface area contributed by atoms with E-state index in [0.717, 1.165) is 31.7 Å². The van der Waals surface area contributed by atoms with Gasteiger partial charge in [0, 0.05) is 32.5 Å². The lowest BCUT2D eigenvalue weighted by atomic mass is 9.91. The summed E-state index contributed by atoms with van der Waals surface area (Å²) >= 11 is 0. The van der Waals surface area contributed by atoms with Crippen molar-refractivity contribution in [2.45, 2.75) is 18.8 Å².